The zero-order chi connectivity index (χ0) is 20.1. The second-order valence-electron chi connectivity index (χ2n) is 5.83. The molecule has 28 heavy (non-hydrogen) atoms. The monoisotopic (exact) mass is 400 g/mol. The summed E-state index contributed by atoms with van der Waals surface area (Å²) in [6, 6.07) is 12.0. The van der Waals surface area contributed by atoms with Crippen LogP contribution in [-0.2, 0) is 11.3 Å². The van der Waals surface area contributed by atoms with Gasteiger partial charge in [-0.25, -0.2) is 4.39 Å². The molecular weight excluding hydrogens is 387 g/mol. The zero-order valence-corrected chi connectivity index (χ0v) is 15.1. The van der Waals surface area contributed by atoms with Gasteiger partial charge in [0.25, 0.3) is 5.69 Å². The lowest BCUT2D eigenvalue weighted by atomic mass is 10.2. The van der Waals surface area contributed by atoms with Gasteiger partial charge in [0.2, 0.25) is 5.91 Å². The van der Waals surface area contributed by atoms with Gasteiger partial charge in [0.15, 0.2) is 5.82 Å². The Morgan fingerprint density at radius 2 is 2.07 bits per heavy atom. The standard InChI is InChI=1S/C19H14ClFN4O3/c20-17-12-24(11-14-4-1-5-15(21)9-14)23-19(17)22-18(26)8-7-13-3-2-6-16(10-13)25(27)28/h1-10,12H,11H2,(H,22,23,26)/b8-7+. The molecule has 0 aliphatic rings. The number of nitro groups is 1. The van der Waals surface area contributed by atoms with E-state index in [4.69, 9.17) is 11.6 Å². The molecule has 1 heterocycles. The minimum atomic E-state index is -0.511. The van der Waals surface area contributed by atoms with E-state index in [1.54, 1.807) is 18.2 Å². The first-order valence-corrected chi connectivity index (χ1v) is 8.49. The van der Waals surface area contributed by atoms with Gasteiger partial charge in [0, 0.05) is 24.4 Å². The number of amides is 1. The van der Waals surface area contributed by atoms with Crippen LogP contribution in [0.25, 0.3) is 6.08 Å². The van der Waals surface area contributed by atoms with Crippen LogP contribution in [0, 0.1) is 15.9 Å². The molecule has 1 aromatic heterocycles. The van der Waals surface area contributed by atoms with Crippen LogP contribution < -0.4 is 5.32 Å². The number of nitrogens with zero attached hydrogens (tertiary/aromatic N) is 3. The summed E-state index contributed by atoms with van der Waals surface area (Å²) in [5, 5.41) is 17.7. The number of hydrogen-bond acceptors (Lipinski definition) is 4. The van der Waals surface area contributed by atoms with Crippen LogP contribution in [0.5, 0.6) is 0 Å². The molecule has 3 rings (SSSR count). The van der Waals surface area contributed by atoms with E-state index in [0.29, 0.717) is 11.1 Å². The third-order valence-corrected chi connectivity index (χ3v) is 3.98. The summed E-state index contributed by atoms with van der Waals surface area (Å²) in [6.07, 6.45) is 4.19. The molecule has 0 aliphatic carbocycles. The highest BCUT2D eigenvalue weighted by Crippen LogP contribution is 2.20. The van der Waals surface area contributed by atoms with Gasteiger partial charge in [0.1, 0.15) is 10.8 Å². The Morgan fingerprint density at radius 3 is 2.82 bits per heavy atom. The number of carbonyl (C=O) groups is 1. The molecule has 2 aromatic carbocycles. The first-order chi connectivity index (χ1) is 13.4. The number of nitrogens with one attached hydrogen (secondary N) is 1. The number of carbonyl (C=O) groups excluding carboxylic acids is 1. The summed E-state index contributed by atoms with van der Waals surface area (Å²) in [6.45, 7) is 0.289. The number of hydrogen-bond donors (Lipinski definition) is 1. The number of benzene rings is 2. The van der Waals surface area contributed by atoms with Gasteiger partial charge in [-0.15, -0.1) is 0 Å². The fourth-order valence-electron chi connectivity index (χ4n) is 2.46. The molecule has 0 aliphatic heterocycles. The van der Waals surface area contributed by atoms with Gasteiger partial charge < -0.3 is 5.32 Å². The molecule has 0 fully saturated rings. The summed E-state index contributed by atoms with van der Waals surface area (Å²) in [5.41, 5.74) is 1.14. The highest BCUT2D eigenvalue weighted by atomic mass is 35.5. The molecular formula is C19H14ClFN4O3. The number of aromatic nitrogens is 2. The van der Waals surface area contributed by atoms with E-state index < -0.39 is 10.8 Å². The van der Waals surface area contributed by atoms with Crippen LogP contribution >= 0.6 is 11.6 Å². The molecule has 0 saturated carbocycles. The molecule has 0 bridgehead atoms. The SMILES string of the molecule is O=C(/C=C/c1cccc([N+](=O)[O-])c1)Nc1nn(Cc2cccc(F)c2)cc1Cl. The topological polar surface area (TPSA) is 90.1 Å². The average molecular weight is 401 g/mol. The molecule has 7 nitrogen and oxygen atoms in total. The van der Waals surface area contributed by atoms with Crippen molar-refractivity contribution < 1.29 is 14.1 Å². The number of non-ortho nitro benzene ring substituents is 1. The van der Waals surface area contributed by atoms with Gasteiger partial charge in [-0.05, 0) is 29.3 Å². The maximum Gasteiger partial charge on any atom is 0.270 e. The van der Waals surface area contributed by atoms with Gasteiger partial charge >= 0.3 is 0 Å². The lowest BCUT2D eigenvalue weighted by molar-refractivity contribution is -0.384. The summed E-state index contributed by atoms with van der Waals surface area (Å²) < 4.78 is 14.7. The van der Waals surface area contributed by atoms with Crippen LogP contribution in [0.1, 0.15) is 11.1 Å². The van der Waals surface area contributed by atoms with Crippen molar-refractivity contribution in [3.8, 4) is 0 Å². The van der Waals surface area contributed by atoms with Gasteiger partial charge in [-0.2, -0.15) is 5.10 Å². The van der Waals surface area contributed by atoms with Crippen molar-refractivity contribution in [2.24, 2.45) is 0 Å². The van der Waals surface area contributed by atoms with Crippen molar-refractivity contribution in [3.05, 3.63) is 92.9 Å². The molecule has 0 atom stereocenters. The van der Waals surface area contributed by atoms with Gasteiger partial charge in [-0.1, -0.05) is 35.9 Å². The summed E-state index contributed by atoms with van der Waals surface area (Å²) >= 11 is 6.09. The van der Waals surface area contributed by atoms with Crippen LogP contribution in [0.4, 0.5) is 15.9 Å². The molecule has 3 aromatic rings. The Hall–Kier alpha value is -3.52. The average Bonchev–Trinajstić information content (AvgIpc) is 2.99. The van der Waals surface area contributed by atoms with E-state index in [1.807, 2.05) is 0 Å². The lowest BCUT2D eigenvalue weighted by Gasteiger charge is -2.02. The molecule has 0 saturated heterocycles. The van der Waals surface area contributed by atoms with Crippen molar-refractivity contribution in [2.75, 3.05) is 5.32 Å². The van der Waals surface area contributed by atoms with E-state index in [0.717, 1.165) is 0 Å². The van der Waals surface area contributed by atoms with Crippen molar-refractivity contribution in [1.29, 1.82) is 0 Å². The fraction of sp³-hybridized carbons (Fsp3) is 0.0526. The van der Waals surface area contributed by atoms with Gasteiger partial charge in [0.05, 0.1) is 11.5 Å². The van der Waals surface area contributed by atoms with E-state index in [-0.39, 0.29) is 28.9 Å². The smallest absolute Gasteiger partial charge is 0.270 e. The molecule has 0 spiro atoms. The fourth-order valence-corrected chi connectivity index (χ4v) is 2.66. The Bertz CT molecular complexity index is 1060. The normalized spacial score (nSPS) is 10.9. The van der Waals surface area contributed by atoms with Gasteiger partial charge in [-0.3, -0.25) is 19.6 Å². The molecule has 142 valence electrons. The largest absolute Gasteiger partial charge is 0.304 e. The van der Waals surface area contributed by atoms with Crippen LogP contribution in [-0.4, -0.2) is 20.6 Å². The van der Waals surface area contributed by atoms with Crippen molar-refractivity contribution >= 4 is 35.1 Å². The number of rotatable bonds is 6. The van der Waals surface area contributed by atoms with Crippen molar-refractivity contribution in [3.63, 3.8) is 0 Å². The maximum absolute atomic E-state index is 13.3. The highest BCUT2D eigenvalue weighted by molar-refractivity contribution is 6.33. The van der Waals surface area contributed by atoms with E-state index in [2.05, 4.69) is 10.4 Å². The predicted molar refractivity (Wildman–Crippen MR) is 103 cm³/mol. The summed E-state index contributed by atoms with van der Waals surface area (Å²) in [4.78, 5) is 22.3. The van der Waals surface area contributed by atoms with Crippen LogP contribution in [0.15, 0.2) is 60.8 Å². The number of nitro benzene ring substituents is 1. The minimum absolute atomic E-state index is 0.0679. The number of anilines is 1. The quantitative estimate of drug-likeness (QED) is 0.380. The first kappa shape index (κ1) is 19.2. The van der Waals surface area contributed by atoms with E-state index in [1.165, 1.54) is 53.4 Å². The minimum Gasteiger partial charge on any atom is -0.304 e. The summed E-state index contributed by atoms with van der Waals surface area (Å²) in [5.74, 6) is -0.688. The molecule has 1 amide bonds. The Kier molecular flexibility index (Phi) is 5.81. The molecule has 0 unspecified atom stereocenters. The Morgan fingerprint density at radius 1 is 1.29 bits per heavy atom. The predicted octanol–water partition coefficient (Wildman–Crippen LogP) is 4.28. The molecule has 1 N–H and O–H groups in total. The van der Waals surface area contributed by atoms with Crippen LogP contribution in [0.2, 0.25) is 5.02 Å². The third kappa shape index (κ3) is 5.01. The first-order valence-electron chi connectivity index (χ1n) is 8.11. The van der Waals surface area contributed by atoms with Crippen LogP contribution in [0.3, 0.4) is 0 Å². The second kappa shape index (κ2) is 8.45. The maximum atomic E-state index is 13.3. The molecule has 9 heteroatoms. The number of halogens is 2. The second-order valence-corrected chi connectivity index (χ2v) is 6.24. The lowest BCUT2D eigenvalue weighted by Crippen LogP contribution is -2.09. The van der Waals surface area contributed by atoms with Crippen molar-refractivity contribution in [2.45, 2.75) is 6.54 Å². The summed E-state index contributed by atoms with van der Waals surface area (Å²) in [7, 11) is 0. The van der Waals surface area contributed by atoms with E-state index >= 15 is 0 Å². The Balaban J connectivity index is 1.66. The van der Waals surface area contributed by atoms with E-state index in [9.17, 15) is 19.3 Å². The Labute approximate surface area is 164 Å². The third-order valence-electron chi connectivity index (χ3n) is 3.70. The van der Waals surface area contributed by atoms with Crippen molar-refractivity contribution in [1.82, 2.24) is 9.78 Å². The highest BCUT2D eigenvalue weighted by Gasteiger charge is 2.10. The zero-order valence-electron chi connectivity index (χ0n) is 14.4. The molecule has 0 radical (unpaired) electrons.